The molecule has 1 heterocycles. The molecule has 0 bridgehead atoms. The summed E-state index contributed by atoms with van der Waals surface area (Å²) < 4.78 is 22.3. The fourth-order valence-electron chi connectivity index (χ4n) is 1.53. The predicted octanol–water partition coefficient (Wildman–Crippen LogP) is 1.36. The van der Waals surface area contributed by atoms with Gasteiger partial charge in [0.05, 0.1) is 10.6 Å². The molecular weight excluding hydrogens is 264 g/mol. The van der Waals surface area contributed by atoms with Gasteiger partial charge in [-0.25, -0.2) is 18.5 Å². The topological polar surface area (TPSA) is 111 Å². The number of hydrogen-bond acceptors (Lipinski definition) is 5. The number of sulfonamides is 1. The molecule has 0 aliphatic carbocycles. The molecule has 19 heavy (non-hydrogen) atoms. The maximum atomic E-state index is 11.1. The largest absolute Gasteiger partial charge is 0.396 e. The Morgan fingerprint density at radius 1 is 1.16 bits per heavy atom. The Labute approximate surface area is 111 Å². The van der Waals surface area contributed by atoms with Crippen LogP contribution in [0.5, 0.6) is 0 Å². The second-order valence-corrected chi connectivity index (χ2v) is 5.65. The van der Waals surface area contributed by atoms with Gasteiger partial charge < -0.3 is 11.1 Å². The highest BCUT2D eigenvalue weighted by molar-refractivity contribution is 7.89. The number of aromatic nitrogens is 1. The average molecular weight is 278 g/mol. The number of nitrogens with one attached hydrogen (secondary N) is 1. The van der Waals surface area contributed by atoms with E-state index in [0.29, 0.717) is 17.2 Å². The van der Waals surface area contributed by atoms with Crippen LogP contribution in [-0.4, -0.2) is 13.4 Å². The second-order valence-electron chi connectivity index (χ2n) is 4.08. The van der Waals surface area contributed by atoms with Crippen molar-refractivity contribution in [2.24, 2.45) is 5.14 Å². The van der Waals surface area contributed by atoms with Crippen molar-refractivity contribution in [1.29, 1.82) is 0 Å². The lowest BCUT2D eigenvalue weighted by Gasteiger charge is -2.10. The normalized spacial score (nSPS) is 11.3. The molecular formula is C12H14N4O2S. The number of anilines is 3. The molecule has 7 heteroatoms. The molecule has 6 nitrogen and oxygen atoms in total. The lowest BCUT2D eigenvalue weighted by Crippen LogP contribution is -2.11. The van der Waals surface area contributed by atoms with E-state index < -0.39 is 10.0 Å². The number of rotatable bonds is 3. The molecule has 2 aromatic rings. The molecule has 5 N–H and O–H groups in total. The average Bonchev–Trinajstić information content (AvgIpc) is 2.35. The van der Waals surface area contributed by atoms with Crippen LogP contribution in [0.3, 0.4) is 0 Å². The Morgan fingerprint density at radius 2 is 1.79 bits per heavy atom. The van der Waals surface area contributed by atoms with Crippen LogP contribution in [0.15, 0.2) is 41.4 Å². The van der Waals surface area contributed by atoms with Gasteiger partial charge in [0.2, 0.25) is 10.0 Å². The van der Waals surface area contributed by atoms with Gasteiger partial charge in [-0.15, -0.1) is 0 Å². The standard InChI is InChI=1S/C12H14N4O2S/c1-8-6-7-15-12(11(8)13)16-9-2-4-10(5-3-9)19(14,17)18/h2-7H,13H2,1H3,(H,15,16)(H2,14,17,18). The first-order valence-electron chi connectivity index (χ1n) is 5.49. The van der Waals surface area contributed by atoms with Crippen LogP contribution in [0.2, 0.25) is 0 Å². The highest BCUT2D eigenvalue weighted by Gasteiger charge is 2.08. The molecule has 1 aromatic heterocycles. The smallest absolute Gasteiger partial charge is 0.238 e. The van der Waals surface area contributed by atoms with E-state index >= 15 is 0 Å². The summed E-state index contributed by atoms with van der Waals surface area (Å²) in [5.41, 5.74) is 8.04. The number of hydrogen-bond donors (Lipinski definition) is 3. The van der Waals surface area contributed by atoms with E-state index in [1.807, 2.05) is 13.0 Å². The highest BCUT2D eigenvalue weighted by Crippen LogP contribution is 2.23. The summed E-state index contributed by atoms with van der Waals surface area (Å²) in [7, 11) is -3.68. The molecule has 0 spiro atoms. The number of primary sulfonamides is 1. The first-order valence-corrected chi connectivity index (χ1v) is 7.03. The van der Waals surface area contributed by atoms with Crippen LogP contribution in [0.1, 0.15) is 5.56 Å². The molecule has 2 rings (SSSR count). The summed E-state index contributed by atoms with van der Waals surface area (Å²) in [6, 6.07) is 7.85. The van der Waals surface area contributed by atoms with E-state index in [0.717, 1.165) is 5.56 Å². The summed E-state index contributed by atoms with van der Waals surface area (Å²) in [5, 5.41) is 8.04. The molecule has 0 saturated carbocycles. The third-order valence-corrected chi connectivity index (χ3v) is 3.58. The summed E-state index contributed by atoms with van der Waals surface area (Å²) in [6.45, 7) is 1.88. The first-order chi connectivity index (χ1) is 8.88. The number of nitrogens with two attached hydrogens (primary N) is 2. The van der Waals surface area contributed by atoms with Crippen LogP contribution < -0.4 is 16.2 Å². The zero-order valence-corrected chi connectivity index (χ0v) is 11.1. The summed E-state index contributed by atoms with van der Waals surface area (Å²) in [4.78, 5) is 4.19. The van der Waals surface area contributed by atoms with Crippen molar-refractivity contribution in [3.05, 3.63) is 42.1 Å². The van der Waals surface area contributed by atoms with Gasteiger partial charge in [-0.05, 0) is 42.8 Å². The SMILES string of the molecule is Cc1ccnc(Nc2ccc(S(N)(=O)=O)cc2)c1N. The third kappa shape index (κ3) is 3.01. The number of pyridine rings is 1. The molecule has 100 valence electrons. The predicted molar refractivity (Wildman–Crippen MR) is 74.5 cm³/mol. The fourth-order valence-corrected chi connectivity index (χ4v) is 2.05. The van der Waals surface area contributed by atoms with Crippen molar-refractivity contribution in [3.8, 4) is 0 Å². The van der Waals surface area contributed by atoms with E-state index in [2.05, 4.69) is 10.3 Å². The molecule has 0 atom stereocenters. The van der Waals surface area contributed by atoms with Gasteiger partial charge in [-0.2, -0.15) is 0 Å². The number of nitrogens with zero attached hydrogens (tertiary/aromatic N) is 1. The first kappa shape index (κ1) is 13.3. The lowest BCUT2D eigenvalue weighted by molar-refractivity contribution is 0.598. The Balaban J connectivity index is 2.27. The minimum absolute atomic E-state index is 0.0585. The molecule has 0 radical (unpaired) electrons. The van der Waals surface area contributed by atoms with Gasteiger partial charge in [-0.3, -0.25) is 0 Å². The van der Waals surface area contributed by atoms with E-state index in [4.69, 9.17) is 10.9 Å². The van der Waals surface area contributed by atoms with Gasteiger partial charge in [-0.1, -0.05) is 0 Å². The van der Waals surface area contributed by atoms with E-state index in [1.165, 1.54) is 12.1 Å². The molecule has 0 aliphatic rings. The van der Waals surface area contributed by atoms with Crippen molar-refractivity contribution in [3.63, 3.8) is 0 Å². The van der Waals surface area contributed by atoms with Crippen LogP contribution >= 0.6 is 0 Å². The zero-order chi connectivity index (χ0) is 14.0. The molecule has 0 aliphatic heterocycles. The van der Waals surface area contributed by atoms with Gasteiger partial charge in [0.15, 0.2) is 5.82 Å². The van der Waals surface area contributed by atoms with Gasteiger partial charge in [0.25, 0.3) is 0 Å². The van der Waals surface area contributed by atoms with Crippen molar-refractivity contribution >= 4 is 27.2 Å². The summed E-state index contributed by atoms with van der Waals surface area (Å²) in [5.74, 6) is 0.531. The van der Waals surface area contributed by atoms with Crippen molar-refractivity contribution in [1.82, 2.24) is 4.98 Å². The van der Waals surface area contributed by atoms with Crippen LogP contribution in [0.4, 0.5) is 17.2 Å². The van der Waals surface area contributed by atoms with Gasteiger partial charge >= 0.3 is 0 Å². The lowest BCUT2D eigenvalue weighted by atomic mass is 10.2. The Morgan fingerprint density at radius 3 is 2.37 bits per heavy atom. The Hall–Kier alpha value is -2.12. The van der Waals surface area contributed by atoms with Crippen LogP contribution in [0, 0.1) is 6.92 Å². The van der Waals surface area contributed by atoms with Crippen LogP contribution in [0.25, 0.3) is 0 Å². The van der Waals surface area contributed by atoms with Crippen molar-refractivity contribution in [2.75, 3.05) is 11.1 Å². The highest BCUT2D eigenvalue weighted by atomic mass is 32.2. The van der Waals surface area contributed by atoms with Crippen LogP contribution in [-0.2, 0) is 10.0 Å². The quantitative estimate of drug-likeness (QED) is 0.785. The van der Waals surface area contributed by atoms with Gasteiger partial charge in [0, 0.05) is 11.9 Å². The fraction of sp³-hybridized carbons (Fsp3) is 0.0833. The third-order valence-electron chi connectivity index (χ3n) is 2.65. The Bertz CT molecular complexity index is 696. The molecule has 0 unspecified atom stereocenters. The molecule has 0 fully saturated rings. The maximum absolute atomic E-state index is 11.1. The van der Waals surface area contributed by atoms with E-state index in [-0.39, 0.29) is 4.90 Å². The molecule has 1 aromatic carbocycles. The zero-order valence-electron chi connectivity index (χ0n) is 10.3. The second kappa shape index (κ2) is 4.87. The Kier molecular flexibility index (Phi) is 3.41. The van der Waals surface area contributed by atoms with Gasteiger partial charge in [0.1, 0.15) is 0 Å². The molecule has 0 saturated heterocycles. The number of nitrogen functional groups attached to an aromatic ring is 1. The number of benzene rings is 1. The summed E-state index contributed by atoms with van der Waals surface area (Å²) in [6.07, 6.45) is 1.65. The minimum atomic E-state index is -3.68. The monoisotopic (exact) mass is 278 g/mol. The van der Waals surface area contributed by atoms with E-state index in [9.17, 15) is 8.42 Å². The number of aryl methyl sites for hydroxylation is 1. The van der Waals surface area contributed by atoms with E-state index in [1.54, 1.807) is 18.3 Å². The van der Waals surface area contributed by atoms with Crippen molar-refractivity contribution in [2.45, 2.75) is 11.8 Å². The maximum Gasteiger partial charge on any atom is 0.238 e. The minimum Gasteiger partial charge on any atom is -0.396 e. The molecule has 0 amide bonds. The van der Waals surface area contributed by atoms with Crippen molar-refractivity contribution < 1.29 is 8.42 Å². The summed E-state index contributed by atoms with van der Waals surface area (Å²) >= 11 is 0.